The number of sulfonamides is 1. The van der Waals surface area contributed by atoms with Crippen LogP contribution in [0, 0.1) is 6.92 Å². The summed E-state index contributed by atoms with van der Waals surface area (Å²) in [7, 11) is -3.72. The second kappa shape index (κ2) is 6.98. The molecular formula is C16H25N3O3S. The zero-order chi connectivity index (χ0) is 17.1. The third kappa shape index (κ3) is 4.53. The van der Waals surface area contributed by atoms with Gasteiger partial charge in [-0.05, 0) is 37.5 Å². The highest BCUT2D eigenvalue weighted by atomic mass is 32.2. The third-order valence-electron chi connectivity index (χ3n) is 4.50. The molecule has 0 bridgehead atoms. The summed E-state index contributed by atoms with van der Waals surface area (Å²) in [5.74, 6) is -0.640. The summed E-state index contributed by atoms with van der Waals surface area (Å²) in [6.07, 6.45) is 5.96. The van der Waals surface area contributed by atoms with Crippen LogP contribution in [0.15, 0.2) is 23.1 Å². The van der Waals surface area contributed by atoms with E-state index < -0.39 is 21.5 Å². The molecule has 2 rings (SSSR count). The van der Waals surface area contributed by atoms with Crippen LogP contribution in [0.4, 0.5) is 0 Å². The van der Waals surface area contributed by atoms with Crippen molar-refractivity contribution in [2.75, 3.05) is 6.54 Å². The van der Waals surface area contributed by atoms with Crippen molar-refractivity contribution in [3.8, 4) is 0 Å². The van der Waals surface area contributed by atoms with E-state index >= 15 is 0 Å². The van der Waals surface area contributed by atoms with Crippen LogP contribution in [-0.2, 0) is 10.0 Å². The lowest BCUT2D eigenvalue weighted by atomic mass is 9.92. The van der Waals surface area contributed by atoms with E-state index in [0.717, 1.165) is 38.5 Å². The van der Waals surface area contributed by atoms with Crippen molar-refractivity contribution in [2.24, 2.45) is 11.5 Å². The average Bonchev–Trinajstić information content (AvgIpc) is 2.71. The molecule has 0 saturated heterocycles. The molecule has 1 aliphatic rings. The number of rotatable bonds is 5. The molecule has 1 aromatic carbocycles. The van der Waals surface area contributed by atoms with Crippen molar-refractivity contribution >= 4 is 15.9 Å². The molecule has 1 aromatic rings. The van der Waals surface area contributed by atoms with Crippen molar-refractivity contribution in [3.63, 3.8) is 0 Å². The lowest BCUT2D eigenvalue weighted by molar-refractivity contribution is 0.0999. The fourth-order valence-electron chi connectivity index (χ4n) is 2.97. The van der Waals surface area contributed by atoms with Gasteiger partial charge in [-0.15, -0.1) is 0 Å². The highest BCUT2D eigenvalue weighted by molar-refractivity contribution is 7.89. The standard InChI is InChI=1S/C16H25N3O3S/c1-12-6-7-13(10-14(12)15(17)20)23(21,22)19-11-16(18)8-4-2-3-5-9-16/h6-7,10,19H,2-5,8-9,11,18H2,1H3,(H2,17,20). The molecule has 1 fully saturated rings. The van der Waals surface area contributed by atoms with Crippen LogP contribution in [0.25, 0.3) is 0 Å². The highest BCUT2D eigenvalue weighted by Crippen LogP contribution is 2.25. The first-order valence-corrected chi connectivity index (χ1v) is 9.41. The summed E-state index contributed by atoms with van der Waals surface area (Å²) >= 11 is 0. The van der Waals surface area contributed by atoms with E-state index in [1.165, 1.54) is 12.1 Å². The molecule has 7 heteroatoms. The zero-order valence-corrected chi connectivity index (χ0v) is 14.3. The minimum atomic E-state index is -3.72. The van der Waals surface area contributed by atoms with Crippen molar-refractivity contribution in [2.45, 2.75) is 55.9 Å². The number of nitrogens with two attached hydrogens (primary N) is 2. The van der Waals surface area contributed by atoms with Gasteiger partial charge in [0.25, 0.3) is 0 Å². The van der Waals surface area contributed by atoms with E-state index in [0.29, 0.717) is 5.56 Å². The summed E-state index contributed by atoms with van der Waals surface area (Å²) in [6.45, 7) is 1.92. The van der Waals surface area contributed by atoms with Crippen molar-refractivity contribution < 1.29 is 13.2 Å². The zero-order valence-electron chi connectivity index (χ0n) is 13.5. The topological polar surface area (TPSA) is 115 Å². The first-order valence-electron chi connectivity index (χ1n) is 7.93. The van der Waals surface area contributed by atoms with E-state index in [4.69, 9.17) is 11.5 Å². The summed E-state index contributed by atoms with van der Waals surface area (Å²) in [5.41, 5.74) is 12.0. The third-order valence-corrected chi connectivity index (χ3v) is 5.90. The second-order valence-corrected chi connectivity index (χ2v) is 8.21. The van der Waals surface area contributed by atoms with Crippen LogP contribution < -0.4 is 16.2 Å². The Bertz CT molecular complexity index is 678. The van der Waals surface area contributed by atoms with Gasteiger partial charge < -0.3 is 11.5 Å². The molecule has 128 valence electrons. The van der Waals surface area contributed by atoms with E-state index in [1.807, 2.05) is 0 Å². The van der Waals surface area contributed by atoms with Crippen LogP contribution in [0.3, 0.4) is 0 Å². The summed E-state index contributed by atoms with van der Waals surface area (Å²) in [5, 5.41) is 0. The van der Waals surface area contributed by atoms with Gasteiger partial charge >= 0.3 is 0 Å². The lowest BCUT2D eigenvalue weighted by Gasteiger charge is -2.28. The average molecular weight is 339 g/mol. The Morgan fingerprint density at radius 2 is 1.83 bits per heavy atom. The lowest BCUT2D eigenvalue weighted by Crippen LogP contribution is -2.49. The molecule has 1 amide bonds. The van der Waals surface area contributed by atoms with E-state index in [1.54, 1.807) is 13.0 Å². The maximum atomic E-state index is 12.5. The van der Waals surface area contributed by atoms with Gasteiger partial charge in [0.15, 0.2) is 0 Å². The Morgan fingerprint density at radius 3 is 2.39 bits per heavy atom. The van der Waals surface area contributed by atoms with E-state index in [9.17, 15) is 13.2 Å². The number of carbonyl (C=O) groups excluding carboxylic acids is 1. The largest absolute Gasteiger partial charge is 0.366 e. The van der Waals surface area contributed by atoms with E-state index in [2.05, 4.69) is 4.72 Å². The fraction of sp³-hybridized carbons (Fsp3) is 0.562. The number of benzene rings is 1. The monoisotopic (exact) mass is 339 g/mol. The quantitative estimate of drug-likeness (QED) is 0.704. The van der Waals surface area contributed by atoms with Gasteiger partial charge in [0.05, 0.1) is 4.90 Å². The molecule has 0 aromatic heterocycles. The number of carbonyl (C=O) groups is 1. The van der Waals surface area contributed by atoms with Gasteiger partial charge in [-0.3, -0.25) is 4.79 Å². The number of nitrogens with one attached hydrogen (secondary N) is 1. The molecule has 5 N–H and O–H groups in total. The van der Waals surface area contributed by atoms with Gasteiger partial charge in [-0.2, -0.15) is 0 Å². The maximum absolute atomic E-state index is 12.5. The Balaban J connectivity index is 2.15. The second-order valence-electron chi connectivity index (χ2n) is 6.44. The molecule has 6 nitrogen and oxygen atoms in total. The number of hydrogen-bond donors (Lipinski definition) is 3. The first-order chi connectivity index (χ1) is 10.7. The van der Waals surface area contributed by atoms with Gasteiger partial charge in [-0.1, -0.05) is 31.7 Å². The molecule has 0 aliphatic heterocycles. The molecular weight excluding hydrogens is 314 g/mol. The van der Waals surface area contributed by atoms with Crippen LogP contribution >= 0.6 is 0 Å². The van der Waals surface area contributed by atoms with Gasteiger partial charge in [0.1, 0.15) is 0 Å². The molecule has 0 spiro atoms. The van der Waals surface area contributed by atoms with Crippen LogP contribution in [-0.4, -0.2) is 26.4 Å². The van der Waals surface area contributed by atoms with Crippen LogP contribution in [0.2, 0.25) is 0 Å². The fourth-order valence-corrected chi connectivity index (χ4v) is 4.13. The predicted molar refractivity (Wildman–Crippen MR) is 89.5 cm³/mol. The Labute approximate surface area is 137 Å². The van der Waals surface area contributed by atoms with Gasteiger partial charge in [0, 0.05) is 17.6 Å². The first kappa shape index (κ1) is 17.9. The van der Waals surface area contributed by atoms with Crippen LogP contribution in [0.5, 0.6) is 0 Å². The van der Waals surface area contributed by atoms with Crippen molar-refractivity contribution in [3.05, 3.63) is 29.3 Å². The Hall–Kier alpha value is -1.44. The number of amides is 1. The normalized spacial score (nSPS) is 18.3. The van der Waals surface area contributed by atoms with Crippen molar-refractivity contribution in [1.82, 2.24) is 4.72 Å². The molecule has 1 saturated carbocycles. The number of hydrogen-bond acceptors (Lipinski definition) is 4. The van der Waals surface area contributed by atoms with Crippen molar-refractivity contribution in [1.29, 1.82) is 0 Å². The molecule has 23 heavy (non-hydrogen) atoms. The predicted octanol–water partition coefficient (Wildman–Crippen LogP) is 1.42. The molecule has 0 atom stereocenters. The summed E-state index contributed by atoms with van der Waals surface area (Å²) < 4.78 is 27.5. The minimum Gasteiger partial charge on any atom is -0.366 e. The smallest absolute Gasteiger partial charge is 0.249 e. The summed E-state index contributed by atoms with van der Waals surface area (Å²) in [4.78, 5) is 11.4. The van der Waals surface area contributed by atoms with Gasteiger partial charge in [0.2, 0.25) is 15.9 Å². The minimum absolute atomic E-state index is 0.0362. The Kier molecular flexibility index (Phi) is 5.44. The van der Waals surface area contributed by atoms with Crippen LogP contribution in [0.1, 0.15) is 54.4 Å². The molecule has 0 unspecified atom stereocenters. The molecule has 0 heterocycles. The van der Waals surface area contributed by atoms with E-state index in [-0.39, 0.29) is 17.0 Å². The number of primary amides is 1. The van der Waals surface area contributed by atoms with Gasteiger partial charge in [-0.25, -0.2) is 13.1 Å². The highest BCUT2D eigenvalue weighted by Gasteiger charge is 2.28. The number of aryl methyl sites for hydroxylation is 1. The molecule has 1 aliphatic carbocycles. The maximum Gasteiger partial charge on any atom is 0.249 e. The Morgan fingerprint density at radius 1 is 1.22 bits per heavy atom. The molecule has 0 radical (unpaired) electrons. The summed E-state index contributed by atoms with van der Waals surface area (Å²) in [6, 6.07) is 4.37. The SMILES string of the molecule is Cc1ccc(S(=O)(=O)NCC2(N)CCCCCC2)cc1C(N)=O.